The molecule has 2 amide bonds. The van der Waals surface area contributed by atoms with Crippen LogP contribution < -0.4 is 14.5 Å². The summed E-state index contributed by atoms with van der Waals surface area (Å²) in [6, 6.07) is 12.0. The lowest BCUT2D eigenvalue weighted by atomic mass is 10.1. The number of amides is 2. The number of fused-ring (bicyclic) bond motifs is 1. The van der Waals surface area contributed by atoms with Gasteiger partial charge >= 0.3 is 0 Å². The fourth-order valence-electron chi connectivity index (χ4n) is 3.87. The summed E-state index contributed by atoms with van der Waals surface area (Å²) in [5, 5.41) is 11.2. The molecule has 0 atom stereocenters. The lowest BCUT2D eigenvalue weighted by Crippen LogP contribution is -3.16. The zero-order valence-electron chi connectivity index (χ0n) is 16.0. The number of rotatable bonds is 5. The number of piperazine rings is 1. The van der Waals surface area contributed by atoms with E-state index in [1.54, 1.807) is 7.11 Å². The molecule has 2 aromatic carbocycles. The number of anilines is 1. The zero-order chi connectivity index (χ0) is 20.5. The highest BCUT2D eigenvalue weighted by Gasteiger charge is 2.42. The minimum Gasteiger partial charge on any atom is -0.497 e. The van der Waals surface area contributed by atoms with Gasteiger partial charge in [-0.2, -0.15) is 0 Å². The first-order chi connectivity index (χ1) is 14.0. The van der Waals surface area contributed by atoms with Crippen molar-refractivity contribution in [2.45, 2.75) is 0 Å². The van der Waals surface area contributed by atoms with Crippen LogP contribution in [-0.2, 0) is 0 Å². The van der Waals surface area contributed by atoms with Crippen LogP contribution in [0.5, 0.6) is 5.75 Å². The Hall–Kier alpha value is -3.46. The first-order valence-electron chi connectivity index (χ1n) is 9.35. The monoisotopic (exact) mass is 397 g/mol. The molecule has 0 bridgehead atoms. The highest BCUT2D eigenvalue weighted by molar-refractivity contribution is 6.23. The van der Waals surface area contributed by atoms with Crippen molar-refractivity contribution in [1.29, 1.82) is 0 Å². The van der Waals surface area contributed by atoms with E-state index in [9.17, 15) is 19.7 Å². The van der Waals surface area contributed by atoms with Gasteiger partial charge in [0.1, 0.15) is 11.3 Å². The van der Waals surface area contributed by atoms with E-state index in [1.165, 1.54) is 18.2 Å². The SMILES string of the molecule is COc1ccc(N2CC[NH+](CN3C(=O)c4cccc([N+](=O)[O-])c4C3=O)CC2)cc1. The smallest absolute Gasteiger partial charge is 0.282 e. The Balaban J connectivity index is 1.42. The van der Waals surface area contributed by atoms with E-state index in [2.05, 4.69) is 4.90 Å². The second kappa shape index (κ2) is 7.51. The molecule has 0 radical (unpaired) electrons. The maximum absolute atomic E-state index is 12.7. The van der Waals surface area contributed by atoms with Gasteiger partial charge in [-0.15, -0.1) is 0 Å². The standard InChI is InChI=1S/C20H20N4O5/c1-29-15-7-5-14(6-8-15)22-11-9-21(10-12-22)13-23-19(25)16-3-2-4-17(24(27)28)18(16)20(23)26/h2-8H,9-13H2,1H3/p+1. The molecule has 0 aromatic heterocycles. The number of nitro benzene ring substituents is 1. The second-order valence-electron chi connectivity index (χ2n) is 7.09. The molecule has 150 valence electrons. The van der Waals surface area contributed by atoms with Crippen LogP contribution in [0.3, 0.4) is 0 Å². The summed E-state index contributed by atoms with van der Waals surface area (Å²) in [6.07, 6.45) is 0. The van der Waals surface area contributed by atoms with Crippen LogP contribution in [0.25, 0.3) is 0 Å². The van der Waals surface area contributed by atoms with E-state index in [-0.39, 0.29) is 23.5 Å². The van der Waals surface area contributed by atoms with Crippen LogP contribution in [0.4, 0.5) is 11.4 Å². The summed E-state index contributed by atoms with van der Waals surface area (Å²) >= 11 is 0. The number of hydrogen-bond acceptors (Lipinski definition) is 6. The molecule has 0 unspecified atom stereocenters. The first kappa shape index (κ1) is 18.9. The highest BCUT2D eigenvalue weighted by atomic mass is 16.6. The van der Waals surface area contributed by atoms with E-state index in [0.29, 0.717) is 0 Å². The Morgan fingerprint density at radius 3 is 2.38 bits per heavy atom. The van der Waals surface area contributed by atoms with Gasteiger partial charge in [0.25, 0.3) is 17.5 Å². The lowest BCUT2D eigenvalue weighted by Gasteiger charge is -2.34. The van der Waals surface area contributed by atoms with Crippen molar-refractivity contribution in [3.63, 3.8) is 0 Å². The number of carbonyl (C=O) groups is 2. The summed E-state index contributed by atoms with van der Waals surface area (Å²) < 4.78 is 5.18. The molecule has 9 nitrogen and oxygen atoms in total. The molecule has 0 spiro atoms. The Morgan fingerprint density at radius 2 is 1.76 bits per heavy atom. The van der Waals surface area contributed by atoms with E-state index in [4.69, 9.17) is 4.74 Å². The number of nitro groups is 1. The molecular formula is C20H21N4O5+. The summed E-state index contributed by atoms with van der Waals surface area (Å²) in [6.45, 7) is 3.28. The van der Waals surface area contributed by atoms with Crippen LogP contribution in [0.15, 0.2) is 42.5 Å². The van der Waals surface area contributed by atoms with Crippen LogP contribution >= 0.6 is 0 Å². The third-order valence-corrected chi connectivity index (χ3v) is 5.46. The predicted octanol–water partition coefficient (Wildman–Crippen LogP) is 0.562. The number of nitrogens with one attached hydrogen (secondary N) is 1. The number of nitrogens with zero attached hydrogens (tertiary/aromatic N) is 3. The normalized spacial score (nSPS) is 16.9. The fraction of sp³-hybridized carbons (Fsp3) is 0.300. The predicted molar refractivity (Wildman–Crippen MR) is 104 cm³/mol. The maximum atomic E-state index is 12.7. The Labute approximate surface area is 167 Å². The number of quaternary nitrogens is 1. The van der Waals surface area contributed by atoms with Gasteiger partial charge in [0.05, 0.1) is 43.8 Å². The number of imide groups is 1. The molecule has 0 aliphatic carbocycles. The molecule has 9 heteroatoms. The van der Waals surface area contributed by atoms with E-state index >= 15 is 0 Å². The van der Waals surface area contributed by atoms with Gasteiger partial charge in [-0.25, -0.2) is 4.90 Å². The molecule has 2 heterocycles. The van der Waals surface area contributed by atoms with Crippen molar-refractivity contribution in [1.82, 2.24) is 4.90 Å². The number of methoxy groups -OCH3 is 1. The molecule has 2 aromatic rings. The van der Waals surface area contributed by atoms with Crippen molar-refractivity contribution < 1.29 is 24.1 Å². The number of benzene rings is 2. The Bertz CT molecular complexity index is 967. The van der Waals surface area contributed by atoms with Gasteiger partial charge in [0.2, 0.25) is 0 Å². The average Bonchev–Trinajstić information content (AvgIpc) is 2.99. The first-order valence-corrected chi connectivity index (χ1v) is 9.35. The quantitative estimate of drug-likeness (QED) is 0.450. The number of hydrogen-bond donors (Lipinski definition) is 1. The maximum Gasteiger partial charge on any atom is 0.282 e. The molecule has 1 saturated heterocycles. The van der Waals surface area contributed by atoms with Crippen molar-refractivity contribution in [3.05, 3.63) is 63.7 Å². The van der Waals surface area contributed by atoms with Crippen LogP contribution in [0.2, 0.25) is 0 Å². The third kappa shape index (κ3) is 3.40. The van der Waals surface area contributed by atoms with Gasteiger partial charge in [-0.1, -0.05) is 6.07 Å². The molecule has 2 aliphatic heterocycles. The van der Waals surface area contributed by atoms with Gasteiger partial charge < -0.3 is 14.5 Å². The van der Waals surface area contributed by atoms with E-state index < -0.39 is 16.7 Å². The molecule has 29 heavy (non-hydrogen) atoms. The van der Waals surface area contributed by atoms with E-state index in [0.717, 1.165) is 47.4 Å². The summed E-state index contributed by atoms with van der Waals surface area (Å²) in [5.41, 5.74) is 0.795. The third-order valence-electron chi connectivity index (χ3n) is 5.46. The van der Waals surface area contributed by atoms with Crippen LogP contribution in [-0.4, -0.2) is 61.6 Å². The van der Waals surface area contributed by atoms with Gasteiger partial charge in [-0.05, 0) is 30.3 Å². The van der Waals surface area contributed by atoms with E-state index in [1.807, 2.05) is 24.3 Å². The number of ether oxygens (including phenoxy) is 1. The van der Waals surface area contributed by atoms with Gasteiger partial charge in [0.15, 0.2) is 6.67 Å². The van der Waals surface area contributed by atoms with Crippen LogP contribution in [0.1, 0.15) is 20.7 Å². The molecule has 0 saturated carbocycles. The molecule has 2 aliphatic rings. The number of carbonyl (C=O) groups excluding carboxylic acids is 2. The molecule has 1 N–H and O–H groups in total. The minimum absolute atomic E-state index is 0.0984. The van der Waals surface area contributed by atoms with Crippen LogP contribution in [0, 0.1) is 10.1 Å². The molecule has 4 rings (SSSR count). The summed E-state index contributed by atoms with van der Waals surface area (Å²) in [7, 11) is 1.63. The summed E-state index contributed by atoms with van der Waals surface area (Å²) in [5.74, 6) is -0.237. The van der Waals surface area contributed by atoms with Crippen molar-refractivity contribution >= 4 is 23.2 Å². The minimum atomic E-state index is -0.617. The fourth-order valence-corrected chi connectivity index (χ4v) is 3.87. The highest BCUT2D eigenvalue weighted by Crippen LogP contribution is 2.30. The van der Waals surface area contributed by atoms with Crippen molar-refractivity contribution in [3.8, 4) is 5.75 Å². The largest absolute Gasteiger partial charge is 0.497 e. The molecule has 1 fully saturated rings. The Morgan fingerprint density at radius 1 is 1.07 bits per heavy atom. The van der Waals surface area contributed by atoms with Crippen molar-refractivity contribution in [2.24, 2.45) is 0 Å². The van der Waals surface area contributed by atoms with Crippen molar-refractivity contribution in [2.75, 3.05) is 44.9 Å². The summed E-state index contributed by atoms with van der Waals surface area (Å²) in [4.78, 5) is 40.4. The second-order valence-corrected chi connectivity index (χ2v) is 7.09. The molecular weight excluding hydrogens is 376 g/mol. The zero-order valence-corrected chi connectivity index (χ0v) is 16.0. The van der Waals surface area contributed by atoms with Gasteiger partial charge in [0, 0.05) is 11.8 Å². The Kier molecular flexibility index (Phi) is 4.89. The topological polar surface area (TPSA) is 97.4 Å². The average molecular weight is 397 g/mol. The lowest BCUT2D eigenvalue weighted by molar-refractivity contribution is -0.907. The van der Waals surface area contributed by atoms with Gasteiger partial charge in [-0.3, -0.25) is 19.7 Å².